The van der Waals surface area contributed by atoms with Crippen LogP contribution in [-0.2, 0) is 0 Å². The number of carbonyl (C=O) groups is 1. The molecule has 1 aromatic heterocycles. The van der Waals surface area contributed by atoms with Crippen LogP contribution in [0.3, 0.4) is 0 Å². The van der Waals surface area contributed by atoms with Gasteiger partial charge in [0, 0.05) is 30.5 Å². The van der Waals surface area contributed by atoms with Crippen LogP contribution in [0.1, 0.15) is 42.9 Å². The number of benzene rings is 1. The third-order valence-corrected chi connectivity index (χ3v) is 3.98. The number of amides is 1. The van der Waals surface area contributed by atoms with E-state index >= 15 is 0 Å². The van der Waals surface area contributed by atoms with Crippen molar-refractivity contribution in [2.24, 2.45) is 0 Å². The van der Waals surface area contributed by atoms with Crippen LogP contribution >= 0.6 is 0 Å². The van der Waals surface area contributed by atoms with Crippen LogP contribution in [0.25, 0.3) is 0 Å². The lowest BCUT2D eigenvalue weighted by molar-refractivity contribution is 0.0749. The summed E-state index contributed by atoms with van der Waals surface area (Å²) in [6, 6.07) is 7.25. The Kier molecular flexibility index (Phi) is 5.55. The number of carbonyl (C=O) groups excluding carboxylic acids is 1. The Balaban J connectivity index is 1.82. The Labute approximate surface area is 153 Å². The summed E-state index contributed by atoms with van der Waals surface area (Å²) in [5.41, 5.74) is 1.92. The molecule has 0 aliphatic carbocycles. The van der Waals surface area contributed by atoms with Gasteiger partial charge in [0.1, 0.15) is 5.69 Å². The Morgan fingerprint density at radius 1 is 1.12 bits per heavy atom. The topological polar surface area (TPSA) is 76.6 Å². The number of nitrogens with one attached hydrogen (secondary N) is 1. The normalized spacial score (nSPS) is 12.1. The van der Waals surface area contributed by atoms with Gasteiger partial charge in [-0.2, -0.15) is 0 Å². The molecule has 0 unspecified atom stereocenters. The first-order chi connectivity index (χ1) is 12.6. The van der Waals surface area contributed by atoms with Gasteiger partial charge in [-0.15, -0.1) is 0 Å². The number of rotatable bonds is 7. The minimum atomic E-state index is -0.0621. The predicted molar refractivity (Wildman–Crippen MR) is 99.1 cm³/mol. The third-order valence-electron chi connectivity index (χ3n) is 3.98. The Bertz CT molecular complexity index is 788. The van der Waals surface area contributed by atoms with Gasteiger partial charge in [-0.05, 0) is 38.0 Å². The van der Waals surface area contributed by atoms with Crippen molar-refractivity contribution in [2.45, 2.75) is 33.6 Å². The van der Waals surface area contributed by atoms with Crippen molar-refractivity contribution in [3.63, 3.8) is 0 Å². The molecular weight excluding hydrogens is 332 g/mol. The van der Waals surface area contributed by atoms with Crippen molar-refractivity contribution >= 4 is 17.5 Å². The van der Waals surface area contributed by atoms with E-state index < -0.39 is 0 Å². The van der Waals surface area contributed by atoms with Crippen molar-refractivity contribution in [3.8, 4) is 11.5 Å². The lowest BCUT2D eigenvalue weighted by Gasteiger charge is -2.21. The number of nitrogens with zero attached hydrogens (tertiary/aromatic N) is 3. The van der Waals surface area contributed by atoms with E-state index in [0.29, 0.717) is 23.1 Å². The molecule has 138 valence electrons. The van der Waals surface area contributed by atoms with Gasteiger partial charge in [0.25, 0.3) is 5.91 Å². The Morgan fingerprint density at radius 2 is 1.85 bits per heavy atom. The fraction of sp³-hybridized carbons (Fsp3) is 0.421. The standard InChI is InChI=1S/C19H24N4O3/c1-4-8-23(9-5-2)18(24)15-10-13(3)20-19(22-15)21-14-6-7-16-17(11-14)26-12-25-16/h6-7,10-11H,4-5,8-9,12H2,1-3H3,(H,20,21,22). The first-order valence-corrected chi connectivity index (χ1v) is 8.92. The maximum atomic E-state index is 12.8. The summed E-state index contributed by atoms with van der Waals surface area (Å²) in [4.78, 5) is 23.5. The summed E-state index contributed by atoms with van der Waals surface area (Å²) in [7, 11) is 0. The molecule has 0 bridgehead atoms. The molecule has 0 fully saturated rings. The van der Waals surface area contributed by atoms with Crippen LogP contribution in [-0.4, -0.2) is 40.7 Å². The van der Waals surface area contributed by atoms with E-state index in [1.54, 1.807) is 6.07 Å². The van der Waals surface area contributed by atoms with E-state index in [0.717, 1.165) is 37.3 Å². The van der Waals surface area contributed by atoms with Crippen LogP contribution in [0.4, 0.5) is 11.6 Å². The van der Waals surface area contributed by atoms with Gasteiger partial charge >= 0.3 is 0 Å². The van der Waals surface area contributed by atoms with Crippen LogP contribution in [0.5, 0.6) is 11.5 Å². The fourth-order valence-electron chi connectivity index (χ4n) is 2.85. The molecule has 2 heterocycles. The molecule has 1 aliphatic rings. The molecule has 1 aromatic carbocycles. The average Bonchev–Trinajstić information content (AvgIpc) is 3.08. The van der Waals surface area contributed by atoms with Gasteiger partial charge in [-0.3, -0.25) is 4.79 Å². The number of fused-ring (bicyclic) bond motifs is 1. The van der Waals surface area contributed by atoms with Crippen molar-refractivity contribution in [1.82, 2.24) is 14.9 Å². The zero-order chi connectivity index (χ0) is 18.5. The molecule has 1 amide bonds. The monoisotopic (exact) mass is 356 g/mol. The predicted octanol–water partition coefficient (Wildman–Crippen LogP) is 3.52. The summed E-state index contributed by atoms with van der Waals surface area (Å²) in [5, 5.41) is 3.14. The number of ether oxygens (including phenoxy) is 2. The van der Waals surface area contributed by atoms with Crippen molar-refractivity contribution < 1.29 is 14.3 Å². The number of hydrogen-bond acceptors (Lipinski definition) is 6. The SMILES string of the molecule is CCCN(CCC)C(=O)c1cc(C)nc(Nc2ccc3c(c2)OCO3)n1. The van der Waals surface area contributed by atoms with Crippen LogP contribution < -0.4 is 14.8 Å². The maximum absolute atomic E-state index is 12.8. The van der Waals surface area contributed by atoms with Gasteiger partial charge < -0.3 is 19.7 Å². The molecule has 26 heavy (non-hydrogen) atoms. The molecule has 3 rings (SSSR count). The summed E-state index contributed by atoms with van der Waals surface area (Å²) >= 11 is 0. The van der Waals surface area contributed by atoms with E-state index in [9.17, 15) is 4.79 Å². The second-order valence-electron chi connectivity index (χ2n) is 6.20. The highest BCUT2D eigenvalue weighted by atomic mass is 16.7. The first kappa shape index (κ1) is 18.0. The van der Waals surface area contributed by atoms with Crippen LogP contribution in [0, 0.1) is 6.92 Å². The minimum Gasteiger partial charge on any atom is -0.454 e. The highest BCUT2D eigenvalue weighted by Crippen LogP contribution is 2.34. The van der Waals surface area contributed by atoms with Gasteiger partial charge in [0.05, 0.1) is 0 Å². The highest BCUT2D eigenvalue weighted by molar-refractivity contribution is 5.92. The van der Waals surface area contributed by atoms with Gasteiger partial charge in [-0.1, -0.05) is 13.8 Å². The number of hydrogen-bond donors (Lipinski definition) is 1. The molecule has 2 aromatic rings. The van der Waals surface area contributed by atoms with Gasteiger partial charge in [0.15, 0.2) is 11.5 Å². The zero-order valence-electron chi connectivity index (χ0n) is 15.4. The molecule has 7 heteroatoms. The average molecular weight is 356 g/mol. The maximum Gasteiger partial charge on any atom is 0.272 e. The second kappa shape index (κ2) is 8.03. The van der Waals surface area contributed by atoms with Gasteiger partial charge in [-0.25, -0.2) is 9.97 Å². The molecule has 0 saturated heterocycles. The molecule has 0 radical (unpaired) electrons. The first-order valence-electron chi connectivity index (χ1n) is 8.92. The van der Waals surface area contributed by atoms with Crippen molar-refractivity contribution in [2.75, 3.05) is 25.2 Å². The Hall–Kier alpha value is -2.83. The number of aromatic nitrogens is 2. The summed E-state index contributed by atoms with van der Waals surface area (Å²) in [6.45, 7) is 7.65. The van der Waals surface area contributed by atoms with E-state index in [1.165, 1.54) is 0 Å². The zero-order valence-corrected chi connectivity index (χ0v) is 15.4. The van der Waals surface area contributed by atoms with Crippen molar-refractivity contribution in [3.05, 3.63) is 35.7 Å². The van der Waals surface area contributed by atoms with E-state index in [1.807, 2.05) is 30.0 Å². The number of aryl methyl sites for hydroxylation is 1. The minimum absolute atomic E-state index is 0.0621. The quantitative estimate of drug-likeness (QED) is 0.818. The molecule has 7 nitrogen and oxygen atoms in total. The summed E-state index contributed by atoms with van der Waals surface area (Å²) in [5.74, 6) is 1.72. The lowest BCUT2D eigenvalue weighted by Crippen LogP contribution is -2.33. The smallest absolute Gasteiger partial charge is 0.272 e. The molecular formula is C19H24N4O3. The van der Waals surface area contributed by atoms with Crippen LogP contribution in [0.15, 0.2) is 24.3 Å². The molecule has 1 N–H and O–H groups in total. The van der Waals surface area contributed by atoms with E-state index in [2.05, 4.69) is 29.1 Å². The Morgan fingerprint density at radius 3 is 2.58 bits per heavy atom. The molecule has 0 atom stereocenters. The molecule has 0 saturated carbocycles. The summed E-state index contributed by atoms with van der Waals surface area (Å²) < 4.78 is 10.7. The second-order valence-corrected chi connectivity index (χ2v) is 6.20. The lowest BCUT2D eigenvalue weighted by atomic mass is 10.2. The highest BCUT2D eigenvalue weighted by Gasteiger charge is 2.18. The fourth-order valence-corrected chi connectivity index (χ4v) is 2.85. The molecule has 1 aliphatic heterocycles. The van der Waals surface area contributed by atoms with E-state index in [4.69, 9.17) is 9.47 Å². The van der Waals surface area contributed by atoms with Gasteiger partial charge in [0.2, 0.25) is 12.7 Å². The van der Waals surface area contributed by atoms with E-state index in [-0.39, 0.29) is 12.7 Å². The summed E-state index contributed by atoms with van der Waals surface area (Å²) in [6.07, 6.45) is 1.83. The largest absolute Gasteiger partial charge is 0.454 e. The third kappa shape index (κ3) is 4.04. The number of anilines is 2. The molecule has 0 spiro atoms. The van der Waals surface area contributed by atoms with Crippen LogP contribution in [0.2, 0.25) is 0 Å². The van der Waals surface area contributed by atoms with Crippen molar-refractivity contribution in [1.29, 1.82) is 0 Å².